The van der Waals surface area contributed by atoms with E-state index in [-0.39, 0.29) is 0 Å². The van der Waals surface area contributed by atoms with E-state index in [4.69, 9.17) is 5.84 Å². The first-order valence-corrected chi connectivity index (χ1v) is 5.34. The van der Waals surface area contributed by atoms with Crippen LogP contribution in [0.15, 0.2) is 42.6 Å². The molecule has 5 nitrogen and oxygen atoms in total. The van der Waals surface area contributed by atoms with E-state index in [2.05, 4.69) is 27.5 Å². The summed E-state index contributed by atoms with van der Waals surface area (Å²) in [4.78, 5) is 10.4. The van der Waals surface area contributed by atoms with Gasteiger partial charge >= 0.3 is 0 Å². The van der Waals surface area contributed by atoms with Crippen molar-refractivity contribution < 1.29 is 0 Å². The fourth-order valence-corrected chi connectivity index (χ4v) is 1.54. The minimum Gasteiger partial charge on any atom is -0.339 e. The van der Waals surface area contributed by atoms with Gasteiger partial charge < -0.3 is 10.3 Å². The van der Waals surface area contributed by atoms with Crippen LogP contribution in [0.5, 0.6) is 0 Å². The topological polar surface area (TPSA) is 67.1 Å². The van der Waals surface area contributed by atoms with Crippen LogP contribution in [0, 0.1) is 0 Å². The largest absolute Gasteiger partial charge is 0.339 e. The van der Waals surface area contributed by atoms with Gasteiger partial charge in [0.15, 0.2) is 0 Å². The second kappa shape index (κ2) is 5.27. The van der Waals surface area contributed by atoms with E-state index < -0.39 is 0 Å². The Balaban J connectivity index is 2.11. The number of benzene rings is 1. The van der Waals surface area contributed by atoms with Crippen LogP contribution in [0.2, 0.25) is 0 Å². The summed E-state index contributed by atoms with van der Waals surface area (Å²) in [5, 5.41) is 0. The zero-order valence-electron chi connectivity index (χ0n) is 9.67. The first-order valence-electron chi connectivity index (χ1n) is 5.34. The maximum Gasteiger partial charge on any atom is 0.227 e. The third-order valence-electron chi connectivity index (χ3n) is 2.39. The Kier molecular flexibility index (Phi) is 3.52. The molecular formula is C12H15N5. The molecule has 0 atom stereocenters. The van der Waals surface area contributed by atoms with Crippen molar-refractivity contribution in [1.82, 2.24) is 9.97 Å². The number of nitrogens with one attached hydrogen (secondary N) is 1. The van der Waals surface area contributed by atoms with Gasteiger partial charge in [-0.25, -0.2) is 10.8 Å². The fourth-order valence-electron chi connectivity index (χ4n) is 1.54. The molecule has 1 heterocycles. The van der Waals surface area contributed by atoms with Crippen LogP contribution < -0.4 is 16.2 Å². The summed E-state index contributed by atoms with van der Waals surface area (Å²) in [5.74, 6) is 6.56. The molecule has 0 saturated carbocycles. The lowest BCUT2D eigenvalue weighted by molar-refractivity contribution is 0.867. The highest BCUT2D eigenvalue weighted by Crippen LogP contribution is 2.11. The number of hydrazine groups is 1. The molecule has 0 aliphatic rings. The molecule has 0 spiro atoms. The van der Waals surface area contributed by atoms with E-state index in [1.165, 1.54) is 5.56 Å². The molecule has 17 heavy (non-hydrogen) atoms. The van der Waals surface area contributed by atoms with Crippen LogP contribution >= 0.6 is 0 Å². The standard InChI is InChI=1S/C12H15N5/c1-17(9-10-5-3-2-4-6-10)12-14-8-7-11(15-12)16-13/h2-8H,9,13H2,1H3,(H,14,15,16). The summed E-state index contributed by atoms with van der Waals surface area (Å²) in [5.41, 5.74) is 3.72. The zero-order valence-corrected chi connectivity index (χ0v) is 9.67. The van der Waals surface area contributed by atoms with Crippen molar-refractivity contribution >= 4 is 11.8 Å². The van der Waals surface area contributed by atoms with Crippen LogP contribution in [0.25, 0.3) is 0 Å². The van der Waals surface area contributed by atoms with Gasteiger partial charge in [-0.15, -0.1) is 0 Å². The summed E-state index contributed by atoms with van der Waals surface area (Å²) in [7, 11) is 1.95. The van der Waals surface area contributed by atoms with Crippen LogP contribution in [-0.4, -0.2) is 17.0 Å². The summed E-state index contributed by atoms with van der Waals surface area (Å²) < 4.78 is 0. The highest BCUT2D eigenvalue weighted by molar-refractivity contribution is 5.40. The fraction of sp³-hybridized carbons (Fsp3) is 0.167. The molecule has 0 aliphatic carbocycles. The zero-order chi connectivity index (χ0) is 12.1. The van der Waals surface area contributed by atoms with Gasteiger partial charge in [-0.1, -0.05) is 30.3 Å². The first kappa shape index (κ1) is 11.3. The second-order valence-corrected chi connectivity index (χ2v) is 3.73. The average molecular weight is 229 g/mol. The van der Waals surface area contributed by atoms with Crippen LogP contribution in [-0.2, 0) is 6.54 Å². The van der Waals surface area contributed by atoms with E-state index in [0.717, 1.165) is 6.54 Å². The lowest BCUT2D eigenvalue weighted by Gasteiger charge is -2.17. The Morgan fingerprint density at radius 1 is 1.24 bits per heavy atom. The minimum atomic E-state index is 0.606. The van der Waals surface area contributed by atoms with E-state index >= 15 is 0 Å². The molecule has 88 valence electrons. The molecule has 0 radical (unpaired) electrons. The quantitative estimate of drug-likeness (QED) is 0.612. The molecule has 3 N–H and O–H groups in total. The van der Waals surface area contributed by atoms with Crippen molar-refractivity contribution in [2.24, 2.45) is 5.84 Å². The van der Waals surface area contributed by atoms with Gasteiger partial charge in [-0.3, -0.25) is 0 Å². The minimum absolute atomic E-state index is 0.606. The number of aromatic nitrogens is 2. The Bertz CT molecular complexity index is 471. The summed E-state index contributed by atoms with van der Waals surface area (Å²) in [6.07, 6.45) is 1.68. The predicted octanol–water partition coefficient (Wildman–Crippen LogP) is 1.40. The average Bonchev–Trinajstić information content (AvgIpc) is 2.40. The lowest BCUT2D eigenvalue weighted by atomic mass is 10.2. The number of rotatable bonds is 4. The number of nitrogens with two attached hydrogens (primary N) is 1. The van der Waals surface area contributed by atoms with E-state index in [9.17, 15) is 0 Å². The summed E-state index contributed by atoms with van der Waals surface area (Å²) in [6.45, 7) is 0.759. The Labute approximate surface area is 100 Å². The molecule has 2 aromatic rings. The smallest absolute Gasteiger partial charge is 0.227 e. The predicted molar refractivity (Wildman–Crippen MR) is 68.4 cm³/mol. The van der Waals surface area contributed by atoms with Gasteiger partial charge in [0.2, 0.25) is 5.95 Å². The highest BCUT2D eigenvalue weighted by Gasteiger charge is 2.05. The van der Waals surface area contributed by atoms with Gasteiger partial charge in [0, 0.05) is 25.9 Å². The normalized spacial score (nSPS) is 10.0. The van der Waals surface area contributed by atoms with E-state index in [0.29, 0.717) is 11.8 Å². The molecule has 0 unspecified atom stereocenters. The van der Waals surface area contributed by atoms with E-state index in [1.54, 1.807) is 12.3 Å². The van der Waals surface area contributed by atoms with Crippen LogP contribution in [0.4, 0.5) is 11.8 Å². The third kappa shape index (κ3) is 2.92. The summed E-state index contributed by atoms with van der Waals surface area (Å²) >= 11 is 0. The number of anilines is 2. The molecule has 0 bridgehead atoms. The maximum absolute atomic E-state index is 5.31. The number of hydrogen-bond acceptors (Lipinski definition) is 5. The van der Waals surface area contributed by atoms with Crippen LogP contribution in [0.1, 0.15) is 5.56 Å². The number of nitrogens with zero attached hydrogens (tertiary/aromatic N) is 3. The monoisotopic (exact) mass is 229 g/mol. The SMILES string of the molecule is CN(Cc1ccccc1)c1nccc(NN)n1. The molecule has 1 aromatic heterocycles. The molecule has 0 saturated heterocycles. The van der Waals surface area contributed by atoms with Crippen LogP contribution in [0.3, 0.4) is 0 Å². The molecule has 0 fully saturated rings. The summed E-state index contributed by atoms with van der Waals surface area (Å²) in [6, 6.07) is 11.9. The Hall–Kier alpha value is -2.14. The van der Waals surface area contributed by atoms with Crippen molar-refractivity contribution in [2.45, 2.75) is 6.54 Å². The van der Waals surface area contributed by atoms with Crippen molar-refractivity contribution in [3.05, 3.63) is 48.2 Å². The van der Waals surface area contributed by atoms with Gasteiger partial charge in [-0.2, -0.15) is 4.98 Å². The number of hydrogen-bond donors (Lipinski definition) is 2. The molecule has 5 heteroatoms. The third-order valence-corrected chi connectivity index (χ3v) is 2.39. The van der Waals surface area contributed by atoms with Crippen molar-refractivity contribution in [3.63, 3.8) is 0 Å². The molecule has 0 aliphatic heterocycles. The van der Waals surface area contributed by atoms with Crippen molar-refractivity contribution in [1.29, 1.82) is 0 Å². The second-order valence-electron chi connectivity index (χ2n) is 3.73. The first-order chi connectivity index (χ1) is 8.29. The van der Waals surface area contributed by atoms with Gasteiger partial charge in [0.25, 0.3) is 0 Å². The van der Waals surface area contributed by atoms with E-state index in [1.807, 2.05) is 30.1 Å². The highest BCUT2D eigenvalue weighted by atomic mass is 15.3. The molecule has 0 amide bonds. The van der Waals surface area contributed by atoms with Gasteiger partial charge in [0.05, 0.1) is 0 Å². The van der Waals surface area contributed by atoms with Crippen molar-refractivity contribution in [2.75, 3.05) is 17.4 Å². The lowest BCUT2D eigenvalue weighted by Crippen LogP contribution is -2.20. The molecule has 2 rings (SSSR count). The Morgan fingerprint density at radius 3 is 2.71 bits per heavy atom. The van der Waals surface area contributed by atoms with Gasteiger partial charge in [-0.05, 0) is 5.56 Å². The maximum atomic E-state index is 5.31. The van der Waals surface area contributed by atoms with Crippen molar-refractivity contribution in [3.8, 4) is 0 Å². The number of nitrogen functional groups attached to an aromatic ring is 1. The van der Waals surface area contributed by atoms with Gasteiger partial charge in [0.1, 0.15) is 5.82 Å². The molecular weight excluding hydrogens is 214 g/mol. The Morgan fingerprint density at radius 2 is 2.00 bits per heavy atom. The molecule has 1 aromatic carbocycles.